The average Bonchev–Trinajstić information content (AvgIpc) is 2.16. The lowest BCUT2D eigenvalue weighted by atomic mass is 9.65. The highest BCUT2D eigenvalue weighted by Gasteiger charge is 2.33. The monoisotopic (exact) mass is 222 g/mol. The third-order valence-corrected chi connectivity index (χ3v) is 4.02. The average molecular weight is 222 g/mol. The molecule has 0 saturated heterocycles. The Labute approximate surface area is 100 Å². The first kappa shape index (κ1) is 13.5. The maximum absolute atomic E-state index is 8.83. The molecule has 16 heavy (non-hydrogen) atoms. The smallest absolute Gasteiger partial charge is 0.0614 e. The first-order valence-electron chi connectivity index (χ1n) is 6.41. The second kappa shape index (κ2) is 5.67. The van der Waals surface area contributed by atoms with Gasteiger partial charge in [-0.2, -0.15) is 0 Å². The van der Waals surface area contributed by atoms with Crippen LogP contribution < -0.4 is 0 Å². The molecule has 0 aliphatic heterocycles. The Morgan fingerprint density at radius 1 is 1.56 bits per heavy atom. The maximum atomic E-state index is 8.83. The number of hydrogen-bond acceptors (Lipinski definition) is 1. The van der Waals surface area contributed by atoms with E-state index in [4.69, 9.17) is 5.11 Å². The molecule has 1 N–H and O–H groups in total. The first-order valence-corrected chi connectivity index (χ1v) is 6.41. The van der Waals surface area contributed by atoms with Crippen LogP contribution in [0, 0.1) is 11.3 Å². The predicted octanol–water partition coefficient (Wildman–Crippen LogP) is 4.09. The summed E-state index contributed by atoms with van der Waals surface area (Å²) in [5.74, 6) is 0.656. The van der Waals surface area contributed by atoms with E-state index in [1.165, 1.54) is 36.8 Å². The lowest BCUT2D eigenvalue weighted by molar-refractivity contribution is 0.180. The normalized spacial score (nSPS) is 25.9. The quantitative estimate of drug-likeness (QED) is 0.710. The summed E-state index contributed by atoms with van der Waals surface area (Å²) < 4.78 is 0. The molecular weight excluding hydrogens is 196 g/mol. The van der Waals surface area contributed by atoms with E-state index in [9.17, 15) is 0 Å². The molecule has 0 aromatic carbocycles. The summed E-state index contributed by atoms with van der Waals surface area (Å²) in [6.45, 7) is 11.3. The summed E-state index contributed by atoms with van der Waals surface area (Å²) in [6.07, 6.45) is 8.02. The van der Waals surface area contributed by atoms with Crippen LogP contribution in [0.3, 0.4) is 0 Å². The zero-order chi connectivity index (χ0) is 12.2. The van der Waals surface area contributed by atoms with Gasteiger partial charge < -0.3 is 5.11 Å². The number of hydrogen-bond donors (Lipinski definition) is 1. The SMILES string of the molecule is C=C1CCCC(C)(C)[C@H]1CC/C(C)=C/CO. The van der Waals surface area contributed by atoms with Crippen molar-refractivity contribution in [3.05, 3.63) is 23.8 Å². The maximum Gasteiger partial charge on any atom is 0.0614 e. The van der Waals surface area contributed by atoms with Crippen molar-refractivity contribution in [3.63, 3.8) is 0 Å². The third-order valence-electron chi connectivity index (χ3n) is 4.02. The van der Waals surface area contributed by atoms with Crippen molar-refractivity contribution < 1.29 is 5.11 Å². The van der Waals surface area contributed by atoms with Gasteiger partial charge in [0.15, 0.2) is 0 Å². The summed E-state index contributed by atoms with van der Waals surface area (Å²) >= 11 is 0. The Balaban J connectivity index is 2.56. The van der Waals surface area contributed by atoms with Gasteiger partial charge in [0.2, 0.25) is 0 Å². The lowest BCUT2D eigenvalue weighted by Gasteiger charge is -2.40. The van der Waals surface area contributed by atoms with Gasteiger partial charge in [-0.1, -0.05) is 37.6 Å². The van der Waals surface area contributed by atoms with Gasteiger partial charge >= 0.3 is 0 Å². The molecule has 0 unspecified atom stereocenters. The number of rotatable bonds is 4. The van der Waals surface area contributed by atoms with Crippen LogP contribution in [0.25, 0.3) is 0 Å². The highest BCUT2D eigenvalue weighted by Crippen LogP contribution is 2.45. The molecule has 1 fully saturated rings. The summed E-state index contributed by atoms with van der Waals surface area (Å²) in [6, 6.07) is 0. The van der Waals surface area contributed by atoms with Crippen LogP contribution in [0.1, 0.15) is 52.9 Å². The van der Waals surface area contributed by atoms with E-state index in [1.54, 1.807) is 0 Å². The summed E-state index contributed by atoms with van der Waals surface area (Å²) in [5, 5.41) is 8.83. The van der Waals surface area contributed by atoms with Crippen LogP contribution in [0.15, 0.2) is 23.8 Å². The molecule has 0 amide bonds. The Bertz CT molecular complexity index is 273. The fraction of sp³-hybridized carbons (Fsp3) is 0.733. The van der Waals surface area contributed by atoms with Gasteiger partial charge in [0.05, 0.1) is 6.61 Å². The van der Waals surface area contributed by atoms with Gasteiger partial charge in [0, 0.05) is 0 Å². The number of aliphatic hydroxyl groups is 1. The predicted molar refractivity (Wildman–Crippen MR) is 70.3 cm³/mol. The fourth-order valence-corrected chi connectivity index (χ4v) is 2.90. The fourth-order valence-electron chi connectivity index (χ4n) is 2.90. The van der Waals surface area contributed by atoms with E-state index in [-0.39, 0.29) is 6.61 Å². The summed E-state index contributed by atoms with van der Waals surface area (Å²) in [5.41, 5.74) is 3.15. The molecule has 1 nitrogen and oxygen atoms in total. The van der Waals surface area contributed by atoms with Crippen LogP contribution in [0.5, 0.6) is 0 Å². The minimum atomic E-state index is 0.167. The Morgan fingerprint density at radius 3 is 2.81 bits per heavy atom. The van der Waals surface area contributed by atoms with Crippen molar-refractivity contribution in [1.29, 1.82) is 0 Å². The molecule has 0 heterocycles. The van der Waals surface area contributed by atoms with Crippen molar-refractivity contribution in [1.82, 2.24) is 0 Å². The summed E-state index contributed by atoms with van der Waals surface area (Å²) in [4.78, 5) is 0. The molecule has 1 aliphatic rings. The molecule has 0 spiro atoms. The second-order valence-corrected chi connectivity index (χ2v) is 5.82. The van der Waals surface area contributed by atoms with E-state index < -0.39 is 0 Å². The standard InChI is InChI=1S/C15H26O/c1-12(9-11-16)7-8-14-13(2)6-5-10-15(14,3)4/h9,14,16H,2,5-8,10-11H2,1,3-4H3/b12-9+/t14-/m0/s1. The van der Waals surface area contributed by atoms with Crippen molar-refractivity contribution in [2.45, 2.75) is 52.9 Å². The Kier molecular flexibility index (Phi) is 4.79. The zero-order valence-corrected chi connectivity index (χ0v) is 11.1. The topological polar surface area (TPSA) is 20.2 Å². The van der Waals surface area contributed by atoms with Gasteiger partial charge in [0.1, 0.15) is 0 Å². The Morgan fingerprint density at radius 2 is 2.25 bits per heavy atom. The molecule has 0 aromatic rings. The molecule has 1 saturated carbocycles. The number of aliphatic hydroxyl groups excluding tert-OH is 1. The molecule has 0 radical (unpaired) electrons. The minimum absolute atomic E-state index is 0.167. The Hall–Kier alpha value is -0.560. The van der Waals surface area contributed by atoms with E-state index in [0.717, 1.165) is 6.42 Å². The highest BCUT2D eigenvalue weighted by atomic mass is 16.2. The summed E-state index contributed by atoms with van der Waals surface area (Å²) in [7, 11) is 0. The molecular formula is C15H26O. The molecule has 1 atom stereocenters. The van der Waals surface area contributed by atoms with E-state index in [2.05, 4.69) is 27.4 Å². The van der Waals surface area contributed by atoms with Crippen molar-refractivity contribution >= 4 is 0 Å². The molecule has 0 aromatic heterocycles. The van der Waals surface area contributed by atoms with Gasteiger partial charge in [-0.05, 0) is 50.4 Å². The van der Waals surface area contributed by atoms with Gasteiger partial charge in [0.25, 0.3) is 0 Å². The number of allylic oxidation sites excluding steroid dienone is 2. The van der Waals surface area contributed by atoms with Crippen LogP contribution in [-0.2, 0) is 0 Å². The molecule has 1 rings (SSSR count). The third kappa shape index (κ3) is 3.48. The van der Waals surface area contributed by atoms with E-state index in [0.29, 0.717) is 11.3 Å². The zero-order valence-electron chi connectivity index (χ0n) is 11.1. The van der Waals surface area contributed by atoms with Crippen LogP contribution in [-0.4, -0.2) is 11.7 Å². The van der Waals surface area contributed by atoms with Gasteiger partial charge in [-0.25, -0.2) is 0 Å². The largest absolute Gasteiger partial charge is 0.392 e. The van der Waals surface area contributed by atoms with Gasteiger partial charge in [-0.3, -0.25) is 0 Å². The first-order chi connectivity index (χ1) is 7.47. The highest BCUT2D eigenvalue weighted by molar-refractivity contribution is 5.10. The molecule has 92 valence electrons. The van der Waals surface area contributed by atoms with Gasteiger partial charge in [-0.15, -0.1) is 0 Å². The van der Waals surface area contributed by atoms with Crippen LogP contribution in [0.4, 0.5) is 0 Å². The van der Waals surface area contributed by atoms with Crippen molar-refractivity contribution in [3.8, 4) is 0 Å². The molecule has 0 bridgehead atoms. The van der Waals surface area contributed by atoms with E-state index in [1.807, 2.05) is 6.08 Å². The van der Waals surface area contributed by atoms with Crippen LogP contribution >= 0.6 is 0 Å². The molecule has 1 aliphatic carbocycles. The lowest BCUT2D eigenvalue weighted by Crippen LogP contribution is -2.29. The van der Waals surface area contributed by atoms with E-state index >= 15 is 0 Å². The van der Waals surface area contributed by atoms with Crippen LogP contribution in [0.2, 0.25) is 0 Å². The minimum Gasteiger partial charge on any atom is -0.392 e. The molecule has 1 heteroatoms. The second-order valence-electron chi connectivity index (χ2n) is 5.82. The van der Waals surface area contributed by atoms with Crippen molar-refractivity contribution in [2.75, 3.05) is 6.61 Å². The van der Waals surface area contributed by atoms with Crippen molar-refractivity contribution in [2.24, 2.45) is 11.3 Å².